The Morgan fingerprint density at radius 2 is 2.04 bits per heavy atom. The predicted molar refractivity (Wildman–Crippen MR) is 116 cm³/mol. The van der Waals surface area contributed by atoms with Gasteiger partial charge in [-0.1, -0.05) is 0 Å². The molecule has 2 N–H and O–H groups in total. The molecule has 0 fully saturated rings. The van der Waals surface area contributed by atoms with E-state index in [1.807, 2.05) is 19.1 Å². The van der Waals surface area contributed by atoms with Crippen molar-refractivity contribution in [3.63, 3.8) is 0 Å². The van der Waals surface area contributed by atoms with Gasteiger partial charge in [0.2, 0.25) is 0 Å². The number of halogens is 1. The molecule has 1 rings (SSSR count). The Bertz CT molecular complexity index is 610. The smallest absolute Gasteiger partial charge is 0.191 e. The maximum absolute atomic E-state index is 12.1. The van der Waals surface area contributed by atoms with Crippen molar-refractivity contribution in [1.82, 2.24) is 10.6 Å². The van der Waals surface area contributed by atoms with Gasteiger partial charge in [0.25, 0.3) is 0 Å². The van der Waals surface area contributed by atoms with Crippen LogP contribution >= 0.6 is 24.0 Å². The number of hydrogen-bond acceptors (Lipinski definition) is 5. The Morgan fingerprint density at radius 3 is 2.62 bits per heavy atom. The van der Waals surface area contributed by atoms with Gasteiger partial charge in [0.1, 0.15) is 12.4 Å². The van der Waals surface area contributed by atoms with Crippen LogP contribution < -0.4 is 10.6 Å². The Labute approximate surface area is 174 Å². The maximum Gasteiger partial charge on any atom is 0.191 e. The van der Waals surface area contributed by atoms with Crippen molar-refractivity contribution in [1.29, 1.82) is 0 Å². The van der Waals surface area contributed by atoms with Crippen LogP contribution in [0.15, 0.2) is 27.8 Å². The minimum Gasteiger partial charge on any atom is -0.467 e. The molecular formula is C17H32IN3O4S. The zero-order chi connectivity index (χ0) is 18.8. The summed E-state index contributed by atoms with van der Waals surface area (Å²) in [5.74, 6) is 1.50. The van der Waals surface area contributed by atoms with Gasteiger partial charge < -0.3 is 19.8 Å². The minimum absolute atomic E-state index is 0. The molecule has 1 aromatic rings. The maximum atomic E-state index is 12.1. The Kier molecular flexibility index (Phi) is 12.2. The SMILES string of the molecule is CCNC(=NCCCOCc1ccco1)NCCS(=O)(=O)C(C)(C)C.I. The second kappa shape index (κ2) is 12.6. The topological polar surface area (TPSA) is 92.9 Å². The highest BCUT2D eigenvalue weighted by Crippen LogP contribution is 2.15. The van der Waals surface area contributed by atoms with Crippen molar-refractivity contribution in [2.24, 2.45) is 4.99 Å². The molecule has 0 unspecified atom stereocenters. The van der Waals surface area contributed by atoms with Gasteiger partial charge in [-0.15, -0.1) is 24.0 Å². The molecule has 0 bridgehead atoms. The molecule has 1 heterocycles. The van der Waals surface area contributed by atoms with E-state index >= 15 is 0 Å². The van der Waals surface area contributed by atoms with E-state index in [0.717, 1.165) is 12.2 Å². The van der Waals surface area contributed by atoms with Crippen LogP contribution in [0.1, 0.15) is 39.9 Å². The fraction of sp³-hybridized carbons (Fsp3) is 0.706. The van der Waals surface area contributed by atoms with Crippen molar-refractivity contribution in [3.8, 4) is 0 Å². The zero-order valence-electron chi connectivity index (χ0n) is 16.1. The first kappa shape index (κ1) is 25.2. The minimum atomic E-state index is -3.14. The lowest BCUT2D eigenvalue weighted by atomic mass is 10.3. The largest absolute Gasteiger partial charge is 0.467 e. The van der Waals surface area contributed by atoms with E-state index < -0.39 is 14.6 Å². The van der Waals surface area contributed by atoms with Crippen molar-refractivity contribution >= 4 is 39.8 Å². The van der Waals surface area contributed by atoms with Gasteiger partial charge in [-0.2, -0.15) is 0 Å². The van der Waals surface area contributed by atoms with E-state index in [4.69, 9.17) is 9.15 Å². The lowest BCUT2D eigenvalue weighted by Crippen LogP contribution is -2.41. The van der Waals surface area contributed by atoms with E-state index in [2.05, 4.69) is 15.6 Å². The molecule has 0 amide bonds. The van der Waals surface area contributed by atoms with Crippen LogP contribution in [0, 0.1) is 0 Å². The van der Waals surface area contributed by atoms with Crippen molar-refractivity contribution in [3.05, 3.63) is 24.2 Å². The number of nitrogens with one attached hydrogen (secondary N) is 2. The van der Waals surface area contributed by atoms with Gasteiger partial charge in [-0.3, -0.25) is 4.99 Å². The average molecular weight is 501 g/mol. The van der Waals surface area contributed by atoms with Crippen LogP contribution in [0.4, 0.5) is 0 Å². The molecule has 0 spiro atoms. The number of guanidine groups is 1. The zero-order valence-corrected chi connectivity index (χ0v) is 19.2. The molecule has 0 aromatic carbocycles. The van der Waals surface area contributed by atoms with E-state index in [1.54, 1.807) is 27.0 Å². The quantitative estimate of drug-likeness (QED) is 0.222. The molecule has 9 heteroatoms. The molecule has 1 aromatic heterocycles. The summed E-state index contributed by atoms with van der Waals surface area (Å²) in [6.07, 6.45) is 2.40. The lowest BCUT2D eigenvalue weighted by Gasteiger charge is -2.19. The van der Waals surface area contributed by atoms with Gasteiger partial charge in [-0.25, -0.2) is 8.42 Å². The molecular weight excluding hydrogens is 469 g/mol. The number of rotatable bonds is 10. The monoisotopic (exact) mass is 501 g/mol. The van der Waals surface area contributed by atoms with Crippen molar-refractivity contribution < 1.29 is 17.6 Å². The number of ether oxygens (including phenoxy) is 1. The molecule has 7 nitrogen and oxygen atoms in total. The summed E-state index contributed by atoms with van der Waals surface area (Å²) in [5.41, 5.74) is 0. The highest BCUT2D eigenvalue weighted by atomic mass is 127. The standard InChI is InChI=1S/C17H31N3O4S.HI/c1-5-18-16(20-10-13-25(21,22)17(2,3)4)19-9-7-11-23-14-15-8-6-12-24-15;/h6,8,12H,5,7,9-11,13-14H2,1-4H3,(H2,18,19,20);1H. The second-order valence-electron chi connectivity index (χ2n) is 6.60. The third-order valence-electron chi connectivity index (χ3n) is 3.48. The van der Waals surface area contributed by atoms with E-state index in [9.17, 15) is 8.42 Å². The molecule has 0 atom stereocenters. The molecule has 0 aliphatic rings. The molecule has 0 aliphatic heterocycles. The summed E-state index contributed by atoms with van der Waals surface area (Å²) >= 11 is 0. The number of furan rings is 1. The van der Waals surface area contributed by atoms with Crippen molar-refractivity contribution in [2.75, 3.05) is 32.0 Å². The summed E-state index contributed by atoms with van der Waals surface area (Å²) < 4.78 is 34.1. The molecule has 152 valence electrons. The first-order valence-electron chi connectivity index (χ1n) is 8.61. The summed E-state index contributed by atoms with van der Waals surface area (Å²) in [5, 5.41) is 6.18. The second-order valence-corrected chi connectivity index (χ2v) is 9.47. The molecule has 0 aliphatic carbocycles. The van der Waals surface area contributed by atoms with E-state index in [0.29, 0.717) is 38.8 Å². The fourth-order valence-corrected chi connectivity index (χ4v) is 2.86. The first-order valence-corrected chi connectivity index (χ1v) is 10.3. The number of sulfone groups is 1. The molecule has 0 saturated carbocycles. The van der Waals surface area contributed by atoms with E-state index in [1.165, 1.54) is 0 Å². The lowest BCUT2D eigenvalue weighted by molar-refractivity contribution is 0.105. The summed E-state index contributed by atoms with van der Waals surface area (Å²) in [6, 6.07) is 3.70. The summed E-state index contributed by atoms with van der Waals surface area (Å²) in [4.78, 5) is 4.43. The number of hydrogen-bond donors (Lipinski definition) is 2. The van der Waals surface area contributed by atoms with Crippen LogP contribution in [-0.4, -0.2) is 51.1 Å². The van der Waals surface area contributed by atoms with Crippen LogP contribution in [0.2, 0.25) is 0 Å². The summed E-state index contributed by atoms with van der Waals surface area (Å²) in [7, 11) is -3.14. The van der Waals surface area contributed by atoms with Gasteiger partial charge in [0.15, 0.2) is 15.8 Å². The predicted octanol–water partition coefficient (Wildman–Crippen LogP) is 2.57. The van der Waals surface area contributed by atoms with E-state index in [-0.39, 0.29) is 29.7 Å². The Hall–Kier alpha value is -0.810. The van der Waals surface area contributed by atoms with Gasteiger partial charge in [0, 0.05) is 26.2 Å². The van der Waals surface area contributed by atoms with Crippen LogP contribution in [0.3, 0.4) is 0 Å². The van der Waals surface area contributed by atoms with Crippen molar-refractivity contribution in [2.45, 2.75) is 45.5 Å². The summed E-state index contributed by atoms with van der Waals surface area (Å²) in [6.45, 7) is 9.79. The highest BCUT2D eigenvalue weighted by molar-refractivity contribution is 14.0. The molecule has 26 heavy (non-hydrogen) atoms. The third-order valence-corrected chi connectivity index (χ3v) is 6.09. The average Bonchev–Trinajstić information content (AvgIpc) is 3.02. The van der Waals surface area contributed by atoms with Gasteiger partial charge >= 0.3 is 0 Å². The Morgan fingerprint density at radius 1 is 1.31 bits per heavy atom. The fourth-order valence-electron chi connectivity index (χ4n) is 1.88. The Balaban J connectivity index is 0.00000625. The number of aliphatic imine (C=N–C) groups is 1. The van der Waals surface area contributed by atoms with Gasteiger partial charge in [0.05, 0.1) is 16.8 Å². The molecule has 0 saturated heterocycles. The van der Waals surface area contributed by atoms with Crippen LogP contribution in [-0.2, 0) is 21.2 Å². The van der Waals surface area contributed by atoms with Crippen LogP contribution in [0.5, 0.6) is 0 Å². The first-order chi connectivity index (χ1) is 11.8. The van der Waals surface area contributed by atoms with Gasteiger partial charge in [-0.05, 0) is 46.2 Å². The third kappa shape index (κ3) is 9.77. The number of nitrogens with zero attached hydrogens (tertiary/aromatic N) is 1. The highest BCUT2D eigenvalue weighted by Gasteiger charge is 2.28. The normalized spacial score (nSPS) is 12.5. The van der Waals surface area contributed by atoms with Crippen LogP contribution in [0.25, 0.3) is 0 Å². The molecule has 0 radical (unpaired) electrons.